The maximum Gasteiger partial charge on any atom is 0.328 e. The van der Waals surface area contributed by atoms with Crippen LogP contribution in [0.1, 0.15) is 148 Å². The molecule has 0 aliphatic carbocycles. The molecule has 0 aliphatic rings. The fourth-order valence-corrected chi connectivity index (χ4v) is 14.6. The Balaban J connectivity index is 2.35. The summed E-state index contributed by atoms with van der Waals surface area (Å²) in [5.74, 6) is -24.8. The Labute approximate surface area is 864 Å². The van der Waals surface area contributed by atoms with Gasteiger partial charge < -0.3 is 183 Å². The number of carboxylic acid groups (broad SMARTS) is 1. The number of unbranched alkanes of at least 4 members (excludes halogenated alkanes) is 3. The number of nitrogens with two attached hydrogens (primary N) is 8. The number of nitrogens with one attached hydrogen (secondary N) is 21. The van der Waals surface area contributed by atoms with E-state index in [1.54, 1.807) is 66.9 Å². The van der Waals surface area contributed by atoms with Crippen LogP contribution >= 0.6 is 11.8 Å². The molecular weight excluding hydrogens is 1980 g/mol. The Morgan fingerprint density at radius 1 is 0.329 bits per heavy atom. The molecule has 0 saturated heterocycles. The number of primary amides is 2. The zero-order valence-corrected chi connectivity index (χ0v) is 85.0. The Morgan fingerprint density at radius 2 is 0.671 bits per heavy atom. The van der Waals surface area contributed by atoms with Crippen LogP contribution in [0.15, 0.2) is 60.7 Å². The molecule has 2 aromatic rings. The lowest BCUT2D eigenvalue weighted by molar-refractivity contribution is -0.143. The summed E-state index contributed by atoms with van der Waals surface area (Å²) >= 11 is 1.25. The van der Waals surface area contributed by atoms with E-state index in [0.717, 1.165) is 13.8 Å². The monoisotopic (exact) mass is 2130 g/mol. The molecule has 0 unspecified atom stereocenters. The highest BCUT2D eigenvalue weighted by atomic mass is 32.2. The van der Waals surface area contributed by atoms with Crippen LogP contribution in [0, 0.1) is 11.3 Å². The number of hydrogen-bond donors (Lipinski definition) is 35. The van der Waals surface area contributed by atoms with Crippen molar-refractivity contribution < 1.29 is 136 Å². The van der Waals surface area contributed by atoms with Gasteiger partial charge in [0.15, 0.2) is 5.96 Å². The van der Waals surface area contributed by atoms with Crippen molar-refractivity contribution in [2.75, 3.05) is 84.2 Å². The van der Waals surface area contributed by atoms with Gasteiger partial charge in [-0.2, -0.15) is 11.8 Å². The number of rotatable bonds is 75. The van der Waals surface area contributed by atoms with Crippen LogP contribution < -0.4 is 152 Å². The first-order valence-corrected chi connectivity index (χ1v) is 49.8. The first-order chi connectivity index (χ1) is 70.5. The summed E-state index contributed by atoms with van der Waals surface area (Å²) in [4.78, 5) is 300. The minimum atomic E-state index is -2.02. The molecule has 834 valence electrons. The molecule has 2 rings (SSSR count). The highest BCUT2D eigenvalue weighted by molar-refractivity contribution is 7.98. The molecule has 0 aromatic heterocycles. The van der Waals surface area contributed by atoms with Crippen LogP contribution in [0.2, 0.25) is 0 Å². The van der Waals surface area contributed by atoms with Gasteiger partial charge in [-0.1, -0.05) is 74.5 Å². The third-order valence-electron chi connectivity index (χ3n) is 22.5. The predicted molar refractivity (Wildman–Crippen MR) is 538 cm³/mol. The van der Waals surface area contributed by atoms with Gasteiger partial charge >= 0.3 is 5.97 Å². The predicted octanol–water partition coefficient (Wildman–Crippen LogP) is -14.7. The molecule has 19 atom stereocenters. The fraction of sp³-hybridized carbons (Fsp3) is 0.615. The van der Waals surface area contributed by atoms with E-state index < -0.39 is 316 Å². The second-order valence-electron chi connectivity index (χ2n) is 35.2. The Hall–Kier alpha value is -14.0. The van der Waals surface area contributed by atoms with E-state index in [2.05, 4.69) is 106 Å². The van der Waals surface area contributed by atoms with E-state index in [0.29, 0.717) is 24.0 Å². The smallest absolute Gasteiger partial charge is 0.328 e. The number of carbonyl (C=O) groups excluding carboxylic acids is 21. The van der Waals surface area contributed by atoms with Gasteiger partial charge in [-0.25, -0.2) is 4.79 Å². The first kappa shape index (κ1) is 131. The van der Waals surface area contributed by atoms with E-state index in [1.165, 1.54) is 32.5 Å². The van der Waals surface area contributed by atoms with E-state index in [9.17, 15) is 136 Å². The number of thioether (sulfide) groups is 1. The summed E-state index contributed by atoms with van der Waals surface area (Å²) in [6.45, 7) is 0.842. The molecule has 57 nitrogen and oxygen atoms in total. The molecule has 0 saturated carbocycles. The minimum absolute atomic E-state index is 0.00371. The fourth-order valence-electron chi connectivity index (χ4n) is 14.1. The van der Waals surface area contributed by atoms with Crippen LogP contribution in [0.25, 0.3) is 0 Å². The third kappa shape index (κ3) is 51.5. The van der Waals surface area contributed by atoms with Crippen molar-refractivity contribution in [1.29, 1.82) is 5.41 Å². The molecule has 0 radical (unpaired) electrons. The molecule has 58 heteroatoms. The van der Waals surface area contributed by atoms with Crippen LogP contribution in [-0.2, 0) is 118 Å². The maximum atomic E-state index is 14.7. The number of aliphatic carboxylic acids is 1. The van der Waals surface area contributed by atoms with E-state index in [-0.39, 0.29) is 122 Å². The minimum Gasteiger partial charge on any atom is -0.480 e. The SMILES string of the molecule is CSCC[C@H](NC(=O)CNC(=O)[C@@H](NC(=O)CNC(=O)[C@@H](NC(=O)CNC(=O)[C@H](CC(N)=O)NC(=O)[C@H](CCN)NC(=O)[C@H](Cc1ccccc1)NC(=O)[C@@H](N)CO)C(C)C)[C@@H](C)O)C(=O)N[C@@H](CCCCN)C(=O)N[C@@H](CCCCN)C(=O)N[C@H](C(=O)N[C@@H](CO)C(=O)N[C@@H](Cc1ccccc1)C(=O)N[C@@H](CCC(N)=O)C(=O)N[C@@H](CCCNC(=N)N)C(=O)N[C@@H](C)C(=O)N[C@@H](CCCCN)C(=O)N[C@@H](CO)C(=O)O)[C@@H](C)O. The van der Waals surface area contributed by atoms with Gasteiger partial charge in [-0.15, -0.1) is 0 Å². The lowest BCUT2D eigenvalue weighted by Gasteiger charge is -2.29. The van der Waals surface area contributed by atoms with Crippen molar-refractivity contribution in [2.45, 2.75) is 265 Å². The first-order valence-electron chi connectivity index (χ1n) is 48.4. The molecule has 149 heavy (non-hydrogen) atoms. The van der Waals surface area contributed by atoms with E-state index in [4.69, 9.17) is 51.3 Å². The topological polar surface area (TPSA) is 970 Å². The van der Waals surface area contributed by atoms with Crippen LogP contribution in [0.4, 0.5) is 0 Å². The lowest BCUT2D eigenvalue weighted by atomic mass is 10.0. The van der Waals surface area contributed by atoms with E-state index >= 15 is 0 Å². The van der Waals surface area contributed by atoms with Crippen molar-refractivity contribution in [1.82, 2.24) is 106 Å². The Kier molecular flexibility index (Phi) is 62.9. The standard InChI is InChI=1S/C91H151N29O28S/c1-47(2)71(118-69(129)42-102-76(133)63(40-67(98)127)115-81(138)59(30-35-95)112-84(141)61(113-75(132)53(96)44-121)38-51-20-9-7-10-21-51)87(144)103-43-70(130)119-72(49(4)124)88(145)104-41-68(128)106-60(31-37-149-6)82(139)108-55(25-14-17-33-93)78(135)109-56(26-15-18-34-94)83(140)120-73(50(5)125)89(146)116-64(45-122)86(143)114-62(39-52-22-11-8-12-23-52)85(142)111-58(28-29-66(97)126)80(137)110-57(27-19-36-101-91(99)100)77(134)105-48(3)74(131)107-54(24-13-16-32-92)79(136)117-65(46-123)90(147)148/h7-12,20-23,47-50,53-65,71-73,121-125H,13-19,24-46,92-96H2,1-6H3,(H2,97,126)(H2,98,127)(H,102,133)(H,103,144)(H,104,145)(H,105,134)(H,106,128)(H,107,131)(H,108,139)(H,109,135)(H,110,137)(H,111,142)(H,112,141)(H,113,132)(H,114,143)(H,115,138)(H,116,146)(H,117,136)(H,118,129)(H,119,130)(H,120,140)(H,147,148)(H4,99,100,101)/t48-,49+,50+,53-,54-,55-,56-,57-,58-,59-,60-,61-,62-,63-,64-,65-,71-,72-,73-/m0/s1. The van der Waals surface area contributed by atoms with Crippen molar-refractivity contribution in [2.24, 2.45) is 51.8 Å². The lowest BCUT2D eigenvalue weighted by Crippen LogP contribution is -2.62. The van der Waals surface area contributed by atoms with Gasteiger partial charge in [0.25, 0.3) is 0 Å². The molecule has 0 heterocycles. The molecule has 2 aromatic carbocycles. The van der Waals surface area contributed by atoms with Gasteiger partial charge in [0, 0.05) is 25.8 Å². The van der Waals surface area contributed by atoms with Gasteiger partial charge in [0.05, 0.1) is 58.1 Å². The largest absolute Gasteiger partial charge is 0.480 e. The van der Waals surface area contributed by atoms with Gasteiger partial charge in [0.2, 0.25) is 124 Å². The van der Waals surface area contributed by atoms with Crippen molar-refractivity contribution >= 4 is 148 Å². The summed E-state index contributed by atoms with van der Waals surface area (Å²) in [7, 11) is 0. The maximum absolute atomic E-state index is 14.7. The Morgan fingerprint density at radius 3 is 1.07 bits per heavy atom. The number of aliphatic hydroxyl groups excluding tert-OH is 5. The number of guanidine groups is 1. The van der Waals surface area contributed by atoms with Crippen LogP contribution in [0.3, 0.4) is 0 Å². The number of carboxylic acids is 1. The summed E-state index contributed by atoms with van der Waals surface area (Å²) in [6.07, 6.45) is -3.76. The number of hydrogen-bond acceptors (Lipinski definition) is 34. The van der Waals surface area contributed by atoms with Crippen molar-refractivity contribution in [3.8, 4) is 0 Å². The third-order valence-corrected chi connectivity index (χ3v) is 23.1. The second kappa shape index (κ2) is 71.6. The summed E-state index contributed by atoms with van der Waals surface area (Å²) in [6, 6.07) is -11.4. The molecular formula is C91H151N29O28S. The summed E-state index contributed by atoms with van der Waals surface area (Å²) in [5.41, 5.74) is 46.0. The van der Waals surface area contributed by atoms with Crippen LogP contribution in [-0.4, -0.2) is 366 Å². The van der Waals surface area contributed by atoms with Crippen LogP contribution in [0.5, 0.6) is 0 Å². The second-order valence-corrected chi connectivity index (χ2v) is 36.2. The highest BCUT2D eigenvalue weighted by Gasteiger charge is 2.40. The molecule has 0 fully saturated rings. The molecule has 21 amide bonds. The zero-order chi connectivity index (χ0) is 112. The van der Waals surface area contributed by atoms with Gasteiger partial charge in [-0.3, -0.25) is 106 Å². The summed E-state index contributed by atoms with van der Waals surface area (Å²) < 4.78 is 0. The average molecular weight is 2130 g/mol. The zero-order valence-electron chi connectivity index (χ0n) is 84.2. The number of amides is 21. The molecule has 0 aliphatic heterocycles. The average Bonchev–Trinajstić information content (AvgIpc) is 0.843. The van der Waals surface area contributed by atoms with Gasteiger partial charge in [-0.05, 0) is 166 Å². The van der Waals surface area contributed by atoms with Gasteiger partial charge in [0.1, 0.15) is 103 Å². The summed E-state index contributed by atoms with van der Waals surface area (Å²) in [5, 5.41) is 116. The van der Waals surface area contributed by atoms with E-state index in [1.807, 2.05) is 0 Å². The highest BCUT2D eigenvalue weighted by Crippen LogP contribution is 2.15. The number of benzene rings is 2. The quantitative estimate of drug-likeness (QED) is 0.0166. The number of aliphatic hydroxyl groups is 5. The van der Waals surface area contributed by atoms with Crippen molar-refractivity contribution in [3.63, 3.8) is 0 Å². The molecule has 43 N–H and O–H groups in total. The molecule has 0 spiro atoms. The number of carbonyl (C=O) groups is 22. The Bertz CT molecular complexity index is 4730. The van der Waals surface area contributed by atoms with Crippen molar-refractivity contribution in [3.05, 3.63) is 71.8 Å². The molecule has 0 bridgehead atoms. The normalized spacial score (nSPS) is 14.9.